The van der Waals surface area contributed by atoms with Gasteiger partial charge in [-0.3, -0.25) is 4.79 Å². The van der Waals surface area contributed by atoms with Crippen LogP contribution in [0.15, 0.2) is 17.3 Å². The van der Waals surface area contributed by atoms with Crippen molar-refractivity contribution in [3.63, 3.8) is 0 Å². The summed E-state index contributed by atoms with van der Waals surface area (Å²) in [6, 6.07) is 0. The molecule has 0 atom stereocenters. The molecule has 0 aliphatic heterocycles. The number of fused-ring (bicyclic) bond motifs is 1. The highest BCUT2D eigenvalue weighted by Gasteiger charge is 2.09. The molecule has 0 saturated carbocycles. The van der Waals surface area contributed by atoms with Crippen LogP contribution < -0.4 is 5.56 Å². The summed E-state index contributed by atoms with van der Waals surface area (Å²) in [7, 11) is 3.46. The minimum absolute atomic E-state index is 0.115. The van der Waals surface area contributed by atoms with Crippen LogP contribution >= 0.6 is 11.6 Å². The molecule has 4 nitrogen and oxygen atoms in total. The average molecular weight is 198 g/mol. The number of hydrogen-bond acceptors (Lipinski definition) is 2. The molecule has 0 saturated heterocycles. The standard InChI is InChI=1S/C8H8ClN3O/c1-11-3-5(9)6-7(11)10-4-12(2)8(6)13/h3-4H,1-2H3. The third kappa shape index (κ3) is 1.06. The van der Waals surface area contributed by atoms with Crippen LogP contribution in [0.4, 0.5) is 0 Å². The van der Waals surface area contributed by atoms with Gasteiger partial charge < -0.3 is 9.13 Å². The lowest BCUT2D eigenvalue weighted by atomic mass is 10.4. The molecule has 0 fully saturated rings. The van der Waals surface area contributed by atoms with Gasteiger partial charge in [0.2, 0.25) is 0 Å². The molecule has 0 aliphatic carbocycles. The molecule has 13 heavy (non-hydrogen) atoms. The summed E-state index contributed by atoms with van der Waals surface area (Å²) in [6.07, 6.45) is 3.17. The number of aryl methyl sites for hydroxylation is 2. The van der Waals surface area contributed by atoms with E-state index in [-0.39, 0.29) is 5.56 Å². The Balaban J connectivity index is 3.08. The van der Waals surface area contributed by atoms with Crippen molar-refractivity contribution in [3.05, 3.63) is 27.9 Å². The highest BCUT2D eigenvalue weighted by molar-refractivity contribution is 6.35. The van der Waals surface area contributed by atoms with Gasteiger partial charge in [0.25, 0.3) is 5.56 Å². The number of rotatable bonds is 0. The molecule has 0 amide bonds. The van der Waals surface area contributed by atoms with E-state index in [2.05, 4.69) is 4.98 Å². The SMILES string of the molecule is Cn1cnc2c(c(Cl)cn2C)c1=O. The molecular formula is C8H8ClN3O. The van der Waals surface area contributed by atoms with E-state index in [1.165, 1.54) is 10.9 Å². The summed E-state index contributed by atoms with van der Waals surface area (Å²) in [5.74, 6) is 0. The van der Waals surface area contributed by atoms with Crippen LogP contribution in [0, 0.1) is 0 Å². The van der Waals surface area contributed by atoms with E-state index in [4.69, 9.17) is 11.6 Å². The minimum Gasteiger partial charge on any atom is -0.334 e. The Morgan fingerprint density at radius 2 is 2.08 bits per heavy atom. The van der Waals surface area contributed by atoms with E-state index in [1.807, 2.05) is 0 Å². The Morgan fingerprint density at radius 1 is 1.38 bits per heavy atom. The van der Waals surface area contributed by atoms with Crippen molar-refractivity contribution < 1.29 is 0 Å². The van der Waals surface area contributed by atoms with Crippen molar-refractivity contribution in [1.82, 2.24) is 14.1 Å². The number of hydrogen-bond donors (Lipinski definition) is 0. The highest BCUT2D eigenvalue weighted by Crippen LogP contribution is 2.19. The third-order valence-corrected chi connectivity index (χ3v) is 2.28. The first-order chi connectivity index (χ1) is 6.11. The van der Waals surface area contributed by atoms with Gasteiger partial charge in [0.15, 0.2) is 0 Å². The Hall–Kier alpha value is -1.29. The van der Waals surface area contributed by atoms with Crippen molar-refractivity contribution in [1.29, 1.82) is 0 Å². The van der Waals surface area contributed by atoms with Crippen LogP contribution in [0.25, 0.3) is 11.0 Å². The summed E-state index contributed by atoms with van der Waals surface area (Å²) >= 11 is 5.88. The van der Waals surface area contributed by atoms with Gasteiger partial charge in [0.05, 0.1) is 11.3 Å². The molecule has 2 rings (SSSR count). The molecular weight excluding hydrogens is 190 g/mol. The number of nitrogens with zero attached hydrogens (tertiary/aromatic N) is 3. The fourth-order valence-electron chi connectivity index (χ4n) is 1.30. The Morgan fingerprint density at radius 3 is 2.77 bits per heavy atom. The number of aromatic nitrogens is 3. The third-order valence-electron chi connectivity index (χ3n) is 1.99. The van der Waals surface area contributed by atoms with Crippen molar-refractivity contribution in [2.45, 2.75) is 0 Å². The Kier molecular flexibility index (Phi) is 1.66. The molecule has 2 heterocycles. The normalized spacial score (nSPS) is 11.0. The molecule has 0 bridgehead atoms. The second kappa shape index (κ2) is 2.60. The first kappa shape index (κ1) is 8.31. The van der Waals surface area contributed by atoms with E-state index in [0.29, 0.717) is 16.1 Å². The molecule has 0 unspecified atom stereocenters. The predicted octanol–water partition coefficient (Wildman–Crippen LogP) is 0.925. The monoisotopic (exact) mass is 197 g/mol. The van der Waals surface area contributed by atoms with Gasteiger partial charge in [0, 0.05) is 20.3 Å². The molecule has 68 valence electrons. The summed E-state index contributed by atoms with van der Waals surface area (Å²) in [5.41, 5.74) is 0.503. The van der Waals surface area contributed by atoms with E-state index < -0.39 is 0 Å². The Bertz CT molecular complexity index is 526. The zero-order chi connectivity index (χ0) is 9.59. The van der Waals surface area contributed by atoms with Gasteiger partial charge >= 0.3 is 0 Å². The van der Waals surface area contributed by atoms with Crippen molar-refractivity contribution >= 4 is 22.6 Å². The minimum atomic E-state index is -0.115. The second-order valence-corrected chi connectivity index (χ2v) is 3.35. The van der Waals surface area contributed by atoms with Gasteiger partial charge in [-0.15, -0.1) is 0 Å². The summed E-state index contributed by atoms with van der Waals surface area (Å²) in [4.78, 5) is 15.7. The van der Waals surface area contributed by atoms with Crippen LogP contribution in [0.1, 0.15) is 0 Å². The molecule has 0 spiro atoms. The van der Waals surface area contributed by atoms with Crippen LogP contribution in [-0.4, -0.2) is 14.1 Å². The van der Waals surface area contributed by atoms with Crippen molar-refractivity contribution in [2.24, 2.45) is 14.1 Å². The van der Waals surface area contributed by atoms with Crippen molar-refractivity contribution in [3.8, 4) is 0 Å². The lowest BCUT2D eigenvalue weighted by molar-refractivity contribution is 0.832. The molecule has 2 aromatic rings. The quantitative estimate of drug-likeness (QED) is 0.630. The fourth-order valence-corrected chi connectivity index (χ4v) is 1.61. The maximum Gasteiger partial charge on any atom is 0.264 e. The van der Waals surface area contributed by atoms with E-state index in [0.717, 1.165) is 0 Å². The first-order valence-corrected chi connectivity index (χ1v) is 4.15. The van der Waals surface area contributed by atoms with Crippen LogP contribution in [-0.2, 0) is 14.1 Å². The number of halogens is 1. The fraction of sp³-hybridized carbons (Fsp3) is 0.250. The molecule has 5 heteroatoms. The highest BCUT2D eigenvalue weighted by atomic mass is 35.5. The smallest absolute Gasteiger partial charge is 0.264 e. The van der Waals surface area contributed by atoms with Crippen LogP contribution in [0.3, 0.4) is 0 Å². The maximum atomic E-state index is 11.6. The van der Waals surface area contributed by atoms with E-state index in [9.17, 15) is 4.79 Å². The summed E-state index contributed by atoms with van der Waals surface area (Å²) in [6.45, 7) is 0. The summed E-state index contributed by atoms with van der Waals surface area (Å²) < 4.78 is 3.15. The molecule has 0 N–H and O–H groups in total. The van der Waals surface area contributed by atoms with E-state index in [1.54, 1.807) is 24.9 Å². The topological polar surface area (TPSA) is 39.8 Å². The zero-order valence-electron chi connectivity index (χ0n) is 7.28. The zero-order valence-corrected chi connectivity index (χ0v) is 8.04. The maximum absolute atomic E-state index is 11.6. The molecule has 0 aliphatic rings. The van der Waals surface area contributed by atoms with Gasteiger partial charge in [0.1, 0.15) is 11.0 Å². The van der Waals surface area contributed by atoms with Crippen molar-refractivity contribution in [2.75, 3.05) is 0 Å². The molecule has 0 aromatic carbocycles. The first-order valence-electron chi connectivity index (χ1n) is 3.77. The van der Waals surface area contributed by atoms with E-state index >= 15 is 0 Å². The lowest BCUT2D eigenvalue weighted by Crippen LogP contribution is -2.16. The van der Waals surface area contributed by atoms with Gasteiger partial charge in [-0.1, -0.05) is 11.6 Å². The summed E-state index contributed by atoms with van der Waals surface area (Å²) in [5, 5.41) is 0.931. The Labute approximate surface area is 79.4 Å². The van der Waals surface area contributed by atoms with Gasteiger partial charge in [-0.05, 0) is 0 Å². The van der Waals surface area contributed by atoms with Crippen LogP contribution in [0.5, 0.6) is 0 Å². The molecule has 0 radical (unpaired) electrons. The molecule has 2 aromatic heterocycles. The largest absolute Gasteiger partial charge is 0.334 e. The van der Waals surface area contributed by atoms with Crippen LogP contribution in [0.2, 0.25) is 5.02 Å². The van der Waals surface area contributed by atoms with Gasteiger partial charge in [-0.2, -0.15) is 0 Å². The lowest BCUT2D eigenvalue weighted by Gasteiger charge is -1.96. The second-order valence-electron chi connectivity index (χ2n) is 2.95. The predicted molar refractivity (Wildman–Crippen MR) is 51.0 cm³/mol. The average Bonchev–Trinajstić information content (AvgIpc) is 2.35. The van der Waals surface area contributed by atoms with Gasteiger partial charge in [-0.25, -0.2) is 4.98 Å².